The van der Waals surface area contributed by atoms with Crippen LogP contribution in [0.1, 0.15) is 31.4 Å². The molecule has 2 N–H and O–H groups in total. The molecule has 0 bridgehead atoms. The van der Waals surface area contributed by atoms with Gasteiger partial charge in [0.2, 0.25) is 5.91 Å². The van der Waals surface area contributed by atoms with Crippen LogP contribution in [0.4, 0.5) is 0 Å². The van der Waals surface area contributed by atoms with E-state index in [1.165, 1.54) is 11.1 Å². The average Bonchev–Trinajstić information content (AvgIpc) is 2.34. The van der Waals surface area contributed by atoms with E-state index in [4.69, 9.17) is 5.11 Å². The lowest BCUT2D eigenvalue weighted by molar-refractivity contribution is -0.121. The number of hydrogen-bond donors (Lipinski definition) is 2. The highest BCUT2D eigenvalue weighted by atomic mass is 16.3. The van der Waals surface area contributed by atoms with Crippen molar-refractivity contribution in [1.29, 1.82) is 0 Å². The predicted octanol–water partition coefficient (Wildman–Crippen LogP) is 1.68. The summed E-state index contributed by atoms with van der Waals surface area (Å²) in [7, 11) is 0. The van der Waals surface area contributed by atoms with Crippen molar-refractivity contribution in [2.75, 3.05) is 6.54 Å². The molecule has 0 aliphatic heterocycles. The number of benzene rings is 1. The summed E-state index contributed by atoms with van der Waals surface area (Å²) in [5, 5.41) is 11.7. The minimum atomic E-state index is -0.484. The van der Waals surface area contributed by atoms with Crippen molar-refractivity contribution in [3.8, 4) is 0 Å². The summed E-state index contributed by atoms with van der Waals surface area (Å²) in [6.45, 7) is 4.11. The fraction of sp³-hybridized carbons (Fsp3) is 0.500. The van der Waals surface area contributed by atoms with Crippen LogP contribution in [-0.4, -0.2) is 23.7 Å². The number of aliphatic hydroxyl groups is 1. The van der Waals surface area contributed by atoms with Crippen molar-refractivity contribution in [1.82, 2.24) is 5.32 Å². The Kier molecular flexibility index (Phi) is 5.70. The molecule has 94 valence electrons. The molecule has 1 unspecified atom stereocenters. The van der Waals surface area contributed by atoms with Gasteiger partial charge in [-0.1, -0.05) is 31.2 Å². The zero-order chi connectivity index (χ0) is 12.7. The second-order valence-electron chi connectivity index (χ2n) is 4.32. The van der Waals surface area contributed by atoms with Gasteiger partial charge in [-0.15, -0.1) is 0 Å². The van der Waals surface area contributed by atoms with E-state index in [9.17, 15) is 4.79 Å². The fourth-order valence-corrected chi connectivity index (χ4v) is 1.55. The standard InChI is InChI=1S/C14H21NO2/c1-3-12-4-6-13(7-5-12)8-9-14(17)15-10-11(2)16/h4-7,11,16H,3,8-10H2,1-2H3,(H,15,17). The number of carbonyl (C=O) groups is 1. The monoisotopic (exact) mass is 235 g/mol. The Morgan fingerprint density at radius 3 is 2.41 bits per heavy atom. The SMILES string of the molecule is CCc1ccc(CCC(=O)NCC(C)O)cc1. The highest BCUT2D eigenvalue weighted by molar-refractivity contribution is 5.76. The third kappa shape index (κ3) is 5.50. The first-order chi connectivity index (χ1) is 8.11. The Bertz CT molecular complexity index is 344. The third-order valence-electron chi connectivity index (χ3n) is 2.67. The van der Waals surface area contributed by atoms with Gasteiger partial charge in [0.25, 0.3) is 0 Å². The molecule has 0 heterocycles. The number of rotatable bonds is 6. The summed E-state index contributed by atoms with van der Waals surface area (Å²) in [6, 6.07) is 8.34. The molecule has 0 aromatic heterocycles. The van der Waals surface area contributed by atoms with Gasteiger partial charge in [-0.3, -0.25) is 4.79 Å². The van der Waals surface area contributed by atoms with E-state index < -0.39 is 6.10 Å². The van der Waals surface area contributed by atoms with Gasteiger partial charge in [0.1, 0.15) is 0 Å². The van der Waals surface area contributed by atoms with Crippen LogP contribution < -0.4 is 5.32 Å². The maximum atomic E-state index is 11.4. The first-order valence-electron chi connectivity index (χ1n) is 6.14. The summed E-state index contributed by atoms with van der Waals surface area (Å²) in [6.07, 6.45) is 1.77. The van der Waals surface area contributed by atoms with Gasteiger partial charge >= 0.3 is 0 Å². The van der Waals surface area contributed by atoms with Crippen LogP contribution in [0.3, 0.4) is 0 Å². The molecule has 1 aromatic rings. The van der Waals surface area contributed by atoms with Crippen LogP contribution in [0.25, 0.3) is 0 Å². The molecule has 3 heteroatoms. The first kappa shape index (κ1) is 13.7. The lowest BCUT2D eigenvalue weighted by atomic mass is 10.1. The van der Waals surface area contributed by atoms with Crippen LogP contribution >= 0.6 is 0 Å². The first-order valence-corrected chi connectivity index (χ1v) is 6.14. The highest BCUT2D eigenvalue weighted by Crippen LogP contribution is 2.07. The predicted molar refractivity (Wildman–Crippen MR) is 68.8 cm³/mol. The normalized spacial score (nSPS) is 12.2. The fourth-order valence-electron chi connectivity index (χ4n) is 1.55. The van der Waals surface area contributed by atoms with Crippen LogP contribution in [0.15, 0.2) is 24.3 Å². The van der Waals surface area contributed by atoms with Crippen molar-refractivity contribution in [3.05, 3.63) is 35.4 Å². The van der Waals surface area contributed by atoms with Gasteiger partial charge < -0.3 is 10.4 Å². The number of aliphatic hydroxyl groups excluding tert-OH is 1. The highest BCUT2D eigenvalue weighted by Gasteiger charge is 2.03. The third-order valence-corrected chi connectivity index (χ3v) is 2.67. The molecule has 0 aliphatic rings. The Morgan fingerprint density at radius 2 is 1.88 bits per heavy atom. The lowest BCUT2D eigenvalue weighted by Gasteiger charge is -2.07. The van der Waals surface area contributed by atoms with Crippen molar-refractivity contribution in [2.45, 2.75) is 39.2 Å². The molecule has 17 heavy (non-hydrogen) atoms. The molecule has 3 nitrogen and oxygen atoms in total. The zero-order valence-corrected chi connectivity index (χ0v) is 10.6. The Balaban J connectivity index is 2.31. The smallest absolute Gasteiger partial charge is 0.220 e. The second kappa shape index (κ2) is 7.07. The quantitative estimate of drug-likeness (QED) is 0.788. The van der Waals surface area contributed by atoms with Crippen molar-refractivity contribution >= 4 is 5.91 Å². The minimum Gasteiger partial charge on any atom is -0.392 e. The molecule has 0 spiro atoms. The topological polar surface area (TPSA) is 49.3 Å². The van der Waals surface area contributed by atoms with Gasteiger partial charge in [0, 0.05) is 13.0 Å². The van der Waals surface area contributed by atoms with Crippen LogP contribution in [0.5, 0.6) is 0 Å². The van der Waals surface area contributed by atoms with E-state index in [1.54, 1.807) is 6.92 Å². The molecule has 0 aliphatic carbocycles. The summed E-state index contributed by atoms with van der Waals surface area (Å²) >= 11 is 0. The molecule has 1 amide bonds. The molecular formula is C14H21NO2. The van der Waals surface area contributed by atoms with E-state index in [-0.39, 0.29) is 5.91 Å². The lowest BCUT2D eigenvalue weighted by Crippen LogP contribution is -2.30. The second-order valence-corrected chi connectivity index (χ2v) is 4.32. The Morgan fingerprint density at radius 1 is 1.29 bits per heavy atom. The van der Waals surface area contributed by atoms with Crippen molar-refractivity contribution in [2.24, 2.45) is 0 Å². The summed E-state index contributed by atoms with van der Waals surface area (Å²) in [4.78, 5) is 11.4. The largest absolute Gasteiger partial charge is 0.392 e. The van der Waals surface area contributed by atoms with E-state index >= 15 is 0 Å². The molecule has 0 saturated heterocycles. The van der Waals surface area contributed by atoms with Gasteiger partial charge in [-0.2, -0.15) is 0 Å². The van der Waals surface area contributed by atoms with Gasteiger partial charge in [0.15, 0.2) is 0 Å². The van der Waals surface area contributed by atoms with E-state index in [1.807, 2.05) is 0 Å². The average molecular weight is 235 g/mol. The van der Waals surface area contributed by atoms with Crippen LogP contribution in [0.2, 0.25) is 0 Å². The molecule has 0 radical (unpaired) electrons. The van der Waals surface area contributed by atoms with Gasteiger partial charge in [-0.25, -0.2) is 0 Å². The van der Waals surface area contributed by atoms with Crippen molar-refractivity contribution in [3.63, 3.8) is 0 Å². The number of hydrogen-bond acceptors (Lipinski definition) is 2. The van der Waals surface area contributed by atoms with Gasteiger partial charge in [-0.05, 0) is 30.9 Å². The number of amides is 1. The number of aryl methyl sites for hydroxylation is 2. The number of carbonyl (C=O) groups excluding carboxylic acids is 1. The zero-order valence-electron chi connectivity index (χ0n) is 10.6. The Hall–Kier alpha value is -1.35. The van der Waals surface area contributed by atoms with E-state index in [2.05, 4.69) is 36.5 Å². The summed E-state index contributed by atoms with van der Waals surface area (Å²) < 4.78 is 0. The molecule has 1 rings (SSSR count). The summed E-state index contributed by atoms with van der Waals surface area (Å²) in [5.41, 5.74) is 2.49. The minimum absolute atomic E-state index is 0.00883. The maximum absolute atomic E-state index is 11.4. The van der Waals surface area contributed by atoms with E-state index in [0.29, 0.717) is 13.0 Å². The Labute approximate surface area is 103 Å². The molecule has 0 fully saturated rings. The molecular weight excluding hydrogens is 214 g/mol. The van der Waals surface area contributed by atoms with E-state index in [0.717, 1.165) is 12.8 Å². The molecule has 0 saturated carbocycles. The van der Waals surface area contributed by atoms with Crippen molar-refractivity contribution < 1.29 is 9.90 Å². The van der Waals surface area contributed by atoms with Gasteiger partial charge in [0.05, 0.1) is 6.10 Å². The van der Waals surface area contributed by atoms with Crippen LogP contribution in [0, 0.1) is 0 Å². The van der Waals surface area contributed by atoms with Crippen LogP contribution in [-0.2, 0) is 17.6 Å². The maximum Gasteiger partial charge on any atom is 0.220 e. The molecule has 1 aromatic carbocycles. The number of nitrogens with one attached hydrogen (secondary N) is 1. The summed E-state index contributed by atoms with van der Waals surface area (Å²) in [5.74, 6) is -0.00883. The molecule has 1 atom stereocenters.